The van der Waals surface area contributed by atoms with Gasteiger partial charge >= 0.3 is 12.2 Å². The maximum Gasteiger partial charge on any atom is 0.425 e. The van der Waals surface area contributed by atoms with Crippen molar-refractivity contribution in [2.45, 2.75) is 11.7 Å². The zero-order valence-corrected chi connectivity index (χ0v) is 9.28. The summed E-state index contributed by atoms with van der Waals surface area (Å²) in [6.45, 7) is 0. The second-order valence-corrected chi connectivity index (χ2v) is 3.91. The van der Waals surface area contributed by atoms with Crippen molar-refractivity contribution < 1.29 is 22.8 Å². The fourth-order valence-corrected chi connectivity index (χ4v) is 1.88. The van der Waals surface area contributed by atoms with E-state index in [-0.39, 0.29) is 5.56 Å². The molecule has 0 bridgehead atoms. The Morgan fingerprint density at radius 2 is 1.72 bits per heavy atom. The summed E-state index contributed by atoms with van der Waals surface area (Å²) in [4.78, 5) is 23.6. The van der Waals surface area contributed by atoms with Crippen LogP contribution in [0.4, 0.5) is 18.0 Å². The van der Waals surface area contributed by atoms with Crippen LogP contribution in [0.1, 0.15) is 5.56 Å². The third-order valence-corrected chi connectivity index (χ3v) is 2.86. The molecule has 1 heterocycles. The van der Waals surface area contributed by atoms with Crippen molar-refractivity contribution in [3.63, 3.8) is 0 Å². The van der Waals surface area contributed by atoms with E-state index >= 15 is 0 Å². The van der Waals surface area contributed by atoms with Crippen molar-refractivity contribution >= 4 is 11.9 Å². The molecule has 1 aromatic carbocycles. The fourth-order valence-electron chi connectivity index (χ4n) is 1.88. The summed E-state index contributed by atoms with van der Waals surface area (Å²) in [7, 11) is 1.01. The number of urea groups is 1. The summed E-state index contributed by atoms with van der Waals surface area (Å²) in [6, 6.07) is 5.52. The highest BCUT2D eigenvalue weighted by molar-refractivity contribution is 6.07. The van der Waals surface area contributed by atoms with E-state index in [1.165, 1.54) is 18.2 Å². The second kappa shape index (κ2) is 3.72. The second-order valence-electron chi connectivity index (χ2n) is 3.91. The highest BCUT2D eigenvalue weighted by Crippen LogP contribution is 2.42. The Bertz CT molecular complexity index is 501. The van der Waals surface area contributed by atoms with Gasteiger partial charge in [0.15, 0.2) is 0 Å². The van der Waals surface area contributed by atoms with Crippen LogP contribution in [0.15, 0.2) is 30.3 Å². The molecule has 0 spiro atoms. The van der Waals surface area contributed by atoms with E-state index in [4.69, 9.17) is 0 Å². The SMILES string of the molecule is CN1C(=O)N[C@@](c2ccccc2)(C(F)(F)F)C1=O. The lowest BCUT2D eigenvalue weighted by Gasteiger charge is -2.29. The minimum Gasteiger partial charge on any atom is -0.312 e. The van der Waals surface area contributed by atoms with E-state index < -0.39 is 23.7 Å². The van der Waals surface area contributed by atoms with Gasteiger partial charge in [0.2, 0.25) is 5.54 Å². The first kappa shape index (κ1) is 12.4. The summed E-state index contributed by atoms with van der Waals surface area (Å²) in [5, 5.41) is 1.74. The largest absolute Gasteiger partial charge is 0.425 e. The van der Waals surface area contributed by atoms with E-state index in [1.807, 2.05) is 0 Å². The van der Waals surface area contributed by atoms with Crippen molar-refractivity contribution in [1.29, 1.82) is 0 Å². The lowest BCUT2D eigenvalue weighted by Crippen LogP contribution is -2.55. The highest BCUT2D eigenvalue weighted by atomic mass is 19.4. The van der Waals surface area contributed by atoms with Crippen LogP contribution in [0.5, 0.6) is 0 Å². The number of nitrogens with one attached hydrogen (secondary N) is 1. The number of carbonyl (C=O) groups excluding carboxylic acids is 2. The fraction of sp³-hybridized carbons (Fsp3) is 0.273. The molecule has 0 aromatic heterocycles. The number of carbonyl (C=O) groups is 2. The van der Waals surface area contributed by atoms with Crippen LogP contribution in [-0.4, -0.2) is 30.1 Å². The van der Waals surface area contributed by atoms with Crippen molar-refractivity contribution in [1.82, 2.24) is 10.2 Å². The first-order valence-corrected chi connectivity index (χ1v) is 5.03. The Morgan fingerprint density at radius 3 is 2.11 bits per heavy atom. The minimum atomic E-state index is -4.91. The van der Waals surface area contributed by atoms with Gasteiger partial charge in [-0.2, -0.15) is 13.2 Å². The minimum absolute atomic E-state index is 0.305. The lowest BCUT2D eigenvalue weighted by atomic mass is 9.89. The number of halogens is 3. The van der Waals surface area contributed by atoms with Gasteiger partial charge in [-0.3, -0.25) is 9.69 Å². The van der Waals surface area contributed by atoms with Gasteiger partial charge in [0.25, 0.3) is 5.91 Å². The number of benzene rings is 1. The van der Waals surface area contributed by atoms with Gasteiger partial charge in [0.1, 0.15) is 0 Å². The maximum atomic E-state index is 13.2. The van der Waals surface area contributed by atoms with Gasteiger partial charge in [-0.25, -0.2) is 4.79 Å². The van der Waals surface area contributed by atoms with Gasteiger partial charge in [0.05, 0.1) is 0 Å². The number of nitrogens with zero attached hydrogens (tertiary/aromatic N) is 1. The highest BCUT2D eigenvalue weighted by Gasteiger charge is 2.67. The molecular weight excluding hydrogens is 249 g/mol. The smallest absolute Gasteiger partial charge is 0.312 e. The molecule has 1 saturated heterocycles. The molecule has 2 rings (SSSR count). The monoisotopic (exact) mass is 258 g/mol. The zero-order chi connectivity index (χ0) is 13.6. The summed E-state index contributed by atoms with van der Waals surface area (Å²) in [5.41, 5.74) is -3.29. The molecule has 96 valence electrons. The number of likely N-dealkylation sites (N-methyl/N-ethyl adjacent to an activating group) is 1. The topological polar surface area (TPSA) is 49.4 Å². The quantitative estimate of drug-likeness (QED) is 0.778. The number of imide groups is 1. The molecule has 0 aliphatic carbocycles. The Kier molecular flexibility index (Phi) is 2.57. The third-order valence-electron chi connectivity index (χ3n) is 2.86. The van der Waals surface area contributed by atoms with Crippen LogP contribution in [-0.2, 0) is 10.3 Å². The molecule has 18 heavy (non-hydrogen) atoms. The Balaban J connectivity index is 2.65. The molecule has 1 aliphatic rings. The van der Waals surface area contributed by atoms with Crippen LogP contribution in [0.3, 0.4) is 0 Å². The van der Waals surface area contributed by atoms with Crippen molar-refractivity contribution in [2.24, 2.45) is 0 Å². The molecular formula is C11H9F3N2O2. The Hall–Kier alpha value is -2.05. The molecule has 4 nitrogen and oxygen atoms in total. The third kappa shape index (κ3) is 1.47. The number of alkyl halides is 3. The van der Waals surface area contributed by atoms with Gasteiger partial charge in [-0.1, -0.05) is 30.3 Å². The summed E-state index contributed by atoms with van der Waals surface area (Å²) < 4.78 is 39.7. The molecule has 1 atom stereocenters. The molecule has 0 radical (unpaired) electrons. The van der Waals surface area contributed by atoms with E-state index in [0.717, 1.165) is 19.2 Å². The Labute approximate surface area is 100 Å². The van der Waals surface area contributed by atoms with Gasteiger partial charge in [-0.15, -0.1) is 0 Å². The normalized spacial score (nSPS) is 24.3. The standard InChI is InChI=1S/C11H9F3N2O2/c1-16-8(17)10(11(12,13)14,15-9(16)18)7-5-3-2-4-6-7/h2-6H,1H3,(H,15,18)/t10-/m1/s1. The van der Waals surface area contributed by atoms with Gasteiger partial charge in [0, 0.05) is 7.05 Å². The van der Waals surface area contributed by atoms with E-state index in [9.17, 15) is 22.8 Å². The molecule has 1 fully saturated rings. The molecule has 1 aromatic rings. The molecule has 3 amide bonds. The molecule has 1 N–H and O–H groups in total. The molecule has 0 saturated carbocycles. The molecule has 7 heteroatoms. The summed E-state index contributed by atoms with van der Waals surface area (Å²) in [5.74, 6) is -1.33. The predicted molar refractivity (Wildman–Crippen MR) is 55.5 cm³/mol. The van der Waals surface area contributed by atoms with Crippen LogP contribution in [0.2, 0.25) is 0 Å². The summed E-state index contributed by atoms with van der Waals surface area (Å²) in [6.07, 6.45) is -4.91. The van der Waals surface area contributed by atoms with E-state index in [0.29, 0.717) is 4.90 Å². The van der Waals surface area contributed by atoms with Crippen LogP contribution < -0.4 is 5.32 Å². The molecule has 0 unspecified atom stereocenters. The van der Waals surface area contributed by atoms with Crippen molar-refractivity contribution in [3.8, 4) is 0 Å². The number of amides is 3. The maximum absolute atomic E-state index is 13.2. The van der Waals surface area contributed by atoms with Crippen LogP contribution in [0, 0.1) is 0 Å². The van der Waals surface area contributed by atoms with E-state index in [1.54, 1.807) is 5.32 Å². The van der Waals surface area contributed by atoms with E-state index in [2.05, 4.69) is 0 Å². The lowest BCUT2D eigenvalue weighted by molar-refractivity contribution is -0.198. The predicted octanol–water partition coefficient (Wildman–Crippen LogP) is 1.63. The number of rotatable bonds is 1. The van der Waals surface area contributed by atoms with Gasteiger partial charge < -0.3 is 5.32 Å². The molecule has 1 aliphatic heterocycles. The van der Waals surface area contributed by atoms with Crippen molar-refractivity contribution in [3.05, 3.63) is 35.9 Å². The van der Waals surface area contributed by atoms with Crippen LogP contribution >= 0.6 is 0 Å². The zero-order valence-electron chi connectivity index (χ0n) is 9.28. The summed E-state index contributed by atoms with van der Waals surface area (Å²) >= 11 is 0. The first-order chi connectivity index (χ1) is 8.30. The average Bonchev–Trinajstić information content (AvgIpc) is 2.55. The number of hydrogen-bond acceptors (Lipinski definition) is 2. The average molecular weight is 258 g/mol. The van der Waals surface area contributed by atoms with Crippen LogP contribution in [0.25, 0.3) is 0 Å². The first-order valence-electron chi connectivity index (χ1n) is 5.03. The number of hydrogen-bond donors (Lipinski definition) is 1. The van der Waals surface area contributed by atoms with Gasteiger partial charge in [-0.05, 0) is 5.56 Å². The Morgan fingerprint density at radius 1 is 1.17 bits per heavy atom. The van der Waals surface area contributed by atoms with Crippen molar-refractivity contribution in [2.75, 3.05) is 7.05 Å².